The van der Waals surface area contributed by atoms with Crippen molar-refractivity contribution in [3.63, 3.8) is 0 Å². The maximum atomic E-state index is 11.5. The van der Waals surface area contributed by atoms with Gasteiger partial charge in [0.05, 0.1) is 12.3 Å². The highest BCUT2D eigenvalue weighted by molar-refractivity contribution is 5.78. The number of hydrogen-bond donors (Lipinski definition) is 0. The van der Waals surface area contributed by atoms with Crippen LogP contribution in [0.2, 0.25) is 0 Å². The van der Waals surface area contributed by atoms with E-state index in [0.717, 1.165) is 6.92 Å². The molecule has 0 amide bonds. The van der Waals surface area contributed by atoms with E-state index in [-0.39, 0.29) is 0 Å². The fourth-order valence-corrected chi connectivity index (χ4v) is 0.321. The average Bonchev–Trinajstić information content (AvgIpc) is 1.63. The van der Waals surface area contributed by atoms with E-state index in [1.165, 1.54) is 0 Å². The van der Waals surface area contributed by atoms with E-state index >= 15 is 0 Å². The summed E-state index contributed by atoms with van der Waals surface area (Å²) in [6, 6.07) is -3.31. The highest BCUT2D eigenvalue weighted by atomic mass is 19.1. The van der Waals surface area contributed by atoms with Crippen LogP contribution in [0.15, 0.2) is 0 Å². The molecule has 0 aromatic heterocycles. The van der Waals surface area contributed by atoms with Crippen molar-refractivity contribution in [1.82, 2.24) is 0 Å². The molecule has 0 aromatic rings. The van der Waals surface area contributed by atoms with Gasteiger partial charge in [0.2, 0.25) is 0 Å². The van der Waals surface area contributed by atoms with Crippen LogP contribution in [0, 0.1) is 5.92 Å². The summed E-state index contributed by atoms with van der Waals surface area (Å²) in [5.41, 5.74) is 0. The summed E-state index contributed by atoms with van der Waals surface area (Å²) >= 11 is 0. The molecule has 9 heavy (non-hydrogen) atoms. The Morgan fingerprint density at radius 1 is 1.44 bits per heavy atom. The highest BCUT2D eigenvalue weighted by Crippen LogP contribution is 2.04. The fourth-order valence-electron chi connectivity index (χ4n) is 0.321. The lowest BCUT2D eigenvalue weighted by molar-refractivity contribution is -0.138. The Morgan fingerprint density at radius 2 is 1.89 bits per heavy atom. The van der Waals surface area contributed by atoms with Gasteiger partial charge in [0, 0.05) is 0 Å². The molecule has 0 aliphatic carbocycles. The summed E-state index contributed by atoms with van der Waals surface area (Å²) < 4.78 is 22.9. The minimum absolute atomic E-state index is 0.657. The zero-order valence-electron chi connectivity index (χ0n) is 4.86. The molecule has 1 atom stereocenters. The summed E-state index contributed by atoms with van der Waals surface area (Å²) in [5.74, 6) is -1.14. The maximum Gasteiger partial charge on any atom is 0.304 e. The van der Waals surface area contributed by atoms with Crippen LogP contribution >= 0.6 is 0 Å². The normalized spacial score (nSPS) is 12.8. The maximum absolute atomic E-state index is 11.5. The minimum Gasteiger partial charge on any atom is -0.261 e. The van der Waals surface area contributed by atoms with Crippen LogP contribution in [0.5, 0.6) is 0 Å². The SMILES string of the molecule is CC(CC(=O)F)C(=O)F. The van der Waals surface area contributed by atoms with Gasteiger partial charge in [-0.05, 0) is 0 Å². The number of carbonyl (C=O) groups is 2. The molecule has 0 saturated carbocycles. The molecule has 0 heterocycles. The van der Waals surface area contributed by atoms with Gasteiger partial charge < -0.3 is 0 Å². The third kappa shape index (κ3) is 3.76. The molecule has 0 radical (unpaired) electrons. The lowest BCUT2D eigenvalue weighted by Crippen LogP contribution is -2.07. The van der Waals surface area contributed by atoms with Crippen molar-refractivity contribution in [2.75, 3.05) is 0 Å². The third-order valence-electron chi connectivity index (χ3n) is 0.854. The van der Waals surface area contributed by atoms with Crippen LogP contribution < -0.4 is 0 Å². The smallest absolute Gasteiger partial charge is 0.261 e. The monoisotopic (exact) mass is 136 g/mol. The molecular formula is C5H6F2O2. The first kappa shape index (κ1) is 8.20. The first-order valence-electron chi connectivity index (χ1n) is 2.41. The van der Waals surface area contributed by atoms with Gasteiger partial charge >= 0.3 is 12.1 Å². The lowest BCUT2D eigenvalue weighted by Gasteiger charge is -1.95. The largest absolute Gasteiger partial charge is 0.304 e. The zero-order valence-corrected chi connectivity index (χ0v) is 4.86. The van der Waals surface area contributed by atoms with Crippen molar-refractivity contribution in [1.29, 1.82) is 0 Å². The summed E-state index contributed by atoms with van der Waals surface area (Å²) in [6.07, 6.45) is -0.657. The van der Waals surface area contributed by atoms with E-state index in [0.29, 0.717) is 0 Å². The molecule has 0 spiro atoms. The van der Waals surface area contributed by atoms with Crippen molar-refractivity contribution >= 4 is 12.1 Å². The molecular weight excluding hydrogens is 130 g/mol. The predicted octanol–water partition coefficient (Wildman–Crippen LogP) is 1.00. The van der Waals surface area contributed by atoms with Gasteiger partial charge in [0.15, 0.2) is 0 Å². The molecule has 0 fully saturated rings. The predicted molar refractivity (Wildman–Crippen MR) is 26.0 cm³/mol. The fraction of sp³-hybridized carbons (Fsp3) is 0.600. The van der Waals surface area contributed by atoms with Crippen LogP contribution in [0.3, 0.4) is 0 Å². The molecule has 4 heteroatoms. The van der Waals surface area contributed by atoms with Gasteiger partial charge in [0.25, 0.3) is 0 Å². The van der Waals surface area contributed by atoms with Crippen LogP contribution in [0.25, 0.3) is 0 Å². The van der Waals surface area contributed by atoms with E-state index in [2.05, 4.69) is 0 Å². The Hall–Kier alpha value is -0.800. The Bertz CT molecular complexity index is 133. The topological polar surface area (TPSA) is 34.1 Å². The van der Waals surface area contributed by atoms with Gasteiger partial charge in [-0.15, -0.1) is 0 Å². The number of carbonyl (C=O) groups excluding carboxylic acids is 2. The molecule has 0 bridgehead atoms. The van der Waals surface area contributed by atoms with E-state index in [1.807, 2.05) is 0 Å². The molecule has 52 valence electrons. The molecule has 0 rings (SSSR count). The van der Waals surface area contributed by atoms with E-state index in [4.69, 9.17) is 0 Å². The van der Waals surface area contributed by atoms with Crippen LogP contribution in [0.1, 0.15) is 13.3 Å². The van der Waals surface area contributed by atoms with Gasteiger partial charge in [-0.1, -0.05) is 6.92 Å². The van der Waals surface area contributed by atoms with E-state index < -0.39 is 24.4 Å². The number of hydrogen-bond acceptors (Lipinski definition) is 2. The molecule has 0 N–H and O–H groups in total. The Morgan fingerprint density at radius 3 is 2.00 bits per heavy atom. The van der Waals surface area contributed by atoms with Crippen molar-refractivity contribution in [3.8, 4) is 0 Å². The third-order valence-corrected chi connectivity index (χ3v) is 0.854. The van der Waals surface area contributed by atoms with Crippen molar-refractivity contribution in [2.45, 2.75) is 13.3 Å². The quantitative estimate of drug-likeness (QED) is 0.542. The molecule has 0 saturated heterocycles. The number of rotatable bonds is 3. The number of halogens is 2. The van der Waals surface area contributed by atoms with Crippen LogP contribution in [-0.4, -0.2) is 12.1 Å². The Kier molecular flexibility index (Phi) is 2.98. The Balaban J connectivity index is 3.63. The molecule has 2 nitrogen and oxygen atoms in total. The van der Waals surface area contributed by atoms with Crippen molar-refractivity contribution in [3.05, 3.63) is 0 Å². The average molecular weight is 136 g/mol. The lowest BCUT2D eigenvalue weighted by atomic mass is 10.1. The van der Waals surface area contributed by atoms with Gasteiger partial charge in [-0.3, -0.25) is 9.59 Å². The first-order chi connectivity index (χ1) is 4.04. The summed E-state index contributed by atoms with van der Waals surface area (Å²) in [7, 11) is 0. The highest BCUT2D eigenvalue weighted by Gasteiger charge is 2.15. The van der Waals surface area contributed by atoms with Gasteiger partial charge in [-0.25, -0.2) is 0 Å². The second-order valence-electron chi connectivity index (χ2n) is 1.76. The second-order valence-corrected chi connectivity index (χ2v) is 1.76. The van der Waals surface area contributed by atoms with E-state index in [9.17, 15) is 18.4 Å². The molecule has 0 aromatic carbocycles. The second kappa shape index (κ2) is 3.27. The Labute approximate surface area is 50.9 Å². The standard InChI is InChI=1S/C5H6F2O2/c1-3(5(7)9)2-4(6)8/h3H,2H2,1H3. The summed E-state index contributed by atoms with van der Waals surface area (Å²) in [4.78, 5) is 19.3. The van der Waals surface area contributed by atoms with Gasteiger partial charge in [0.1, 0.15) is 0 Å². The first-order valence-corrected chi connectivity index (χ1v) is 2.41. The van der Waals surface area contributed by atoms with Crippen molar-refractivity contribution < 1.29 is 18.4 Å². The molecule has 0 aliphatic heterocycles. The molecule has 0 aliphatic rings. The van der Waals surface area contributed by atoms with Crippen LogP contribution in [0.4, 0.5) is 8.78 Å². The molecule has 1 unspecified atom stereocenters. The van der Waals surface area contributed by atoms with E-state index in [1.54, 1.807) is 0 Å². The van der Waals surface area contributed by atoms with Gasteiger partial charge in [-0.2, -0.15) is 8.78 Å². The van der Waals surface area contributed by atoms with Crippen molar-refractivity contribution in [2.24, 2.45) is 5.92 Å². The van der Waals surface area contributed by atoms with Crippen LogP contribution in [-0.2, 0) is 9.59 Å². The minimum atomic E-state index is -1.66. The zero-order chi connectivity index (χ0) is 7.44. The summed E-state index contributed by atoms with van der Waals surface area (Å²) in [5, 5.41) is 0. The summed E-state index contributed by atoms with van der Waals surface area (Å²) in [6.45, 7) is 1.15.